The van der Waals surface area contributed by atoms with Crippen LogP contribution in [0.2, 0.25) is 0 Å². The van der Waals surface area contributed by atoms with Crippen molar-refractivity contribution in [2.45, 2.75) is 19.4 Å². The molecule has 10 heavy (non-hydrogen) atoms. The van der Waals surface area contributed by atoms with Gasteiger partial charge in [0.1, 0.15) is 0 Å². The number of rotatable bonds is 0. The van der Waals surface area contributed by atoms with E-state index in [0.29, 0.717) is 6.04 Å². The Kier molecular flexibility index (Phi) is 1.16. The summed E-state index contributed by atoms with van der Waals surface area (Å²) in [6, 6.07) is 0.574. The molecular weight excluding hydrogens is 122 g/mol. The van der Waals surface area contributed by atoms with Crippen molar-refractivity contribution in [1.82, 2.24) is 5.32 Å². The molecule has 1 aliphatic carbocycles. The Hall–Kier alpha value is -0.980. The first-order valence-electron chi connectivity index (χ1n) is 3.68. The molecule has 1 atom stereocenters. The molecule has 1 nitrogen and oxygen atoms in total. The molecule has 1 unspecified atom stereocenters. The predicted octanol–water partition coefficient (Wildman–Crippen LogP) is 1.75. The van der Waals surface area contributed by atoms with E-state index in [9.17, 15) is 0 Å². The highest BCUT2D eigenvalue weighted by molar-refractivity contribution is 5.43. The van der Waals surface area contributed by atoms with Gasteiger partial charge in [0.05, 0.1) is 6.04 Å². The molecule has 0 saturated heterocycles. The Morgan fingerprint density at radius 1 is 1.60 bits per heavy atom. The summed E-state index contributed by atoms with van der Waals surface area (Å²) in [6.07, 6.45) is 9.77. The third kappa shape index (κ3) is 0.703. The second-order valence-corrected chi connectivity index (χ2v) is 2.83. The van der Waals surface area contributed by atoms with Crippen LogP contribution in [0.5, 0.6) is 0 Å². The van der Waals surface area contributed by atoms with Crippen LogP contribution in [-0.4, -0.2) is 6.04 Å². The van der Waals surface area contributed by atoms with Crippen LogP contribution in [0.4, 0.5) is 0 Å². The Bertz CT molecular complexity index is 233. The molecule has 0 saturated carbocycles. The SMILES string of the molecule is CC1=CNC2CC=CC=C12. The normalized spacial score (nSPS) is 28.7. The lowest BCUT2D eigenvalue weighted by Crippen LogP contribution is -2.21. The summed E-state index contributed by atoms with van der Waals surface area (Å²) in [5.74, 6) is 0. The number of nitrogens with one attached hydrogen (secondary N) is 1. The first-order valence-corrected chi connectivity index (χ1v) is 3.68. The van der Waals surface area contributed by atoms with Crippen LogP contribution in [0.1, 0.15) is 13.3 Å². The summed E-state index contributed by atoms with van der Waals surface area (Å²) in [7, 11) is 0. The van der Waals surface area contributed by atoms with E-state index < -0.39 is 0 Å². The standard InChI is InChI=1S/C9H11N/c1-7-6-10-9-5-3-2-4-8(7)9/h2-4,6,9-10H,5H2,1H3. The van der Waals surface area contributed by atoms with E-state index in [-0.39, 0.29) is 0 Å². The molecule has 0 aromatic rings. The van der Waals surface area contributed by atoms with E-state index in [1.165, 1.54) is 11.1 Å². The second kappa shape index (κ2) is 2.01. The summed E-state index contributed by atoms with van der Waals surface area (Å²) in [5, 5.41) is 3.33. The molecule has 52 valence electrons. The second-order valence-electron chi connectivity index (χ2n) is 2.83. The minimum atomic E-state index is 0.574. The first kappa shape index (κ1) is 5.78. The zero-order valence-corrected chi connectivity index (χ0v) is 6.09. The van der Waals surface area contributed by atoms with Crippen molar-refractivity contribution in [2.24, 2.45) is 0 Å². The summed E-state index contributed by atoms with van der Waals surface area (Å²) >= 11 is 0. The van der Waals surface area contributed by atoms with Crippen molar-refractivity contribution in [3.63, 3.8) is 0 Å². The molecule has 0 spiro atoms. The van der Waals surface area contributed by atoms with Crippen molar-refractivity contribution in [3.05, 3.63) is 35.6 Å². The Morgan fingerprint density at radius 3 is 3.30 bits per heavy atom. The maximum absolute atomic E-state index is 3.33. The van der Waals surface area contributed by atoms with Crippen molar-refractivity contribution in [3.8, 4) is 0 Å². The molecular formula is C9H11N. The van der Waals surface area contributed by atoms with E-state index in [4.69, 9.17) is 0 Å². The van der Waals surface area contributed by atoms with E-state index in [1.54, 1.807) is 0 Å². The third-order valence-electron chi connectivity index (χ3n) is 2.12. The van der Waals surface area contributed by atoms with Gasteiger partial charge in [-0.25, -0.2) is 0 Å². The lowest BCUT2D eigenvalue weighted by atomic mass is 9.97. The third-order valence-corrected chi connectivity index (χ3v) is 2.12. The van der Waals surface area contributed by atoms with Crippen molar-refractivity contribution >= 4 is 0 Å². The molecule has 1 N–H and O–H groups in total. The highest BCUT2D eigenvalue weighted by atomic mass is 14.9. The zero-order chi connectivity index (χ0) is 6.97. The fraction of sp³-hybridized carbons (Fsp3) is 0.333. The minimum absolute atomic E-state index is 0.574. The first-order chi connectivity index (χ1) is 4.88. The molecule has 1 aliphatic heterocycles. The lowest BCUT2D eigenvalue weighted by molar-refractivity contribution is 0.707. The van der Waals surface area contributed by atoms with Gasteiger partial charge in [0, 0.05) is 6.20 Å². The van der Waals surface area contributed by atoms with E-state index >= 15 is 0 Å². The average Bonchev–Trinajstić information content (AvgIpc) is 2.34. The molecule has 0 aromatic heterocycles. The van der Waals surface area contributed by atoms with Crippen LogP contribution in [0.25, 0.3) is 0 Å². The van der Waals surface area contributed by atoms with Gasteiger partial charge in [-0.3, -0.25) is 0 Å². The molecule has 2 rings (SSSR count). The molecule has 1 heterocycles. The monoisotopic (exact) mass is 133 g/mol. The van der Waals surface area contributed by atoms with Crippen molar-refractivity contribution < 1.29 is 0 Å². The number of hydrogen-bond donors (Lipinski definition) is 1. The molecule has 1 heteroatoms. The fourth-order valence-electron chi connectivity index (χ4n) is 1.50. The average molecular weight is 133 g/mol. The summed E-state index contributed by atoms with van der Waals surface area (Å²) in [4.78, 5) is 0. The minimum Gasteiger partial charge on any atom is -0.384 e. The van der Waals surface area contributed by atoms with Crippen LogP contribution in [0, 0.1) is 0 Å². The Morgan fingerprint density at radius 2 is 2.50 bits per heavy atom. The Labute approximate surface area is 61.1 Å². The van der Waals surface area contributed by atoms with Crippen LogP contribution in [0.15, 0.2) is 35.6 Å². The predicted molar refractivity (Wildman–Crippen MR) is 42.5 cm³/mol. The highest BCUT2D eigenvalue weighted by Crippen LogP contribution is 2.24. The number of fused-ring (bicyclic) bond motifs is 1. The van der Waals surface area contributed by atoms with Gasteiger partial charge in [-0.15, -0.1) is 0 Å². The number of allylic oxidation sites excluding steroid dienone is 2. The number of hydrogen-bond acceptors (Lipinski definition) is 1. The molecule has 2 aliphatic rings. The molecule has 0 bridgehead atoms. The maximum Gasteiger partial charge on any atom is 0.0546 e. The summed E-state index contributed by atoms with van der Waals surface area (Å²) in [6.45, 7) is 2.15. The van der Waals surface area contributed by atoms with Crippen molar-refractivity contribution in [2.75, 3.05) is 0 Å². The lowest BCUT2D eigenvalue weighted by Gasteiger charge is -2.14. The molecule has 0 fully saturated rings. The maximum atomic E-state index is 3.33. The zero-order valence-electron chi connectivity index (χ0n) is 6.09. The van der Waals surface area contributed by atoms with Crippen LogP contribution in [0.3, 0.4) is 0 Å². The van der Waals surface area contributed by atoms with E-state index in [2.05, 4.69) is 36.7 Å². The van der Waals surface area contributed by atoms with Crippen LogP contribution < -0.4 is 5.32 Å². The largest absolute Gasteiger partial charge is 0.384 e. The fourth-order valence-corrected chi connectivity index (χ4v) is 1.50. The quantitative estimate of drug-likeness (QED) is 0.531. The van der Waals surface area contributed by atoms with Gasteiger partial charge in [-0.1, -0.05) is 18.2 Å². The highest BCUT2D eigenvalue weighted by Gasteiger charge is 2.19. The van der Waals surface area contributed by atoms with Crippen LogP contribution in [-0.2, 0) is 0 Å². The van der Waals surface area contributed by atoms with Gasteiger partial charge in [0.2, 0.25) is 0 Å². The molecule has 0 aromatic carbocycles. The Balaban J connectivity index is 2.34. The summed E-state index contributed by atoms with van der Waals surface area (Å²) < 4.78 is 0. The topological polar surface area (TPSA) is 12.0 Å². The molecule has 0 amide bonds. The van der Waals surface area contributed by atoms with Gasteiger partial charge in [0.15, 0.2) is 0 Å². The summed E-state index contributed by atoms with van der Waals surface area (Å²) in [5.41, 5.74) is 2.84. The van der Waals surface area contributed by atoms with Gasteiger partial charge in [0.25, 0.3) is 0 Å². The smallest absolute Gasteiger partial charge is 0.0546 e. The van der Waals surface area contributed by atoms with Gasteiger partial charge >= 0.3 is 0 Å². The van der Waals surface area contributed by atoms with E-state index in [1.807, 2.05) is 0 Å². The van der Waals surface area contributed by atoms with Crippen LogP contribution >= 0.6 is 0 Å². The van der Waals surface area contributed by atoms with E-state index in [0.717, 1.165) is 6.42 Å². The van der Waals surface area contributed by atoms with Gasteiger partial charge < -0.3 is 5.32 Å². The van der Waals surface area contributed by atoms with Gasteiger partial charge in [-0.2, -0.15) is 0 Å². The van der Waals surface area contributed by atoms with Gasteiger partial charge in [-0.05, 0) is 24.5 Å². The van der Waals surface area contributed by atoms with Crippen molar-refractivity contribution in [1.29, 1.82) is 0 Å². The molecule has 0 radical (unpaired) electrons.